The molecule has 2 aromatic heterocycles. The molecule has 37 heavy (non-hydrogen) atoms. The standard InChI is InChI=1S/C28H41ClN6O2/c29-22-17-31-27(34-20-10-8-19(9-11-20)33-24-4-1-2-6-25(24)36)16-21(22)23-5-3-7-26(35-23)32-18-28(30)12-14-37-15-13-28/h3,5,7,16-17,19-20,24-25,33,36H,1-2,4,6,8-15,18,30H2,(H,31,34)(H,32,35)/t19-,20-,24-,25-/m1/s1. The quantitative estimate of drug-likeness (QED) is 0.343. The Labute approximate surface area is 225 Å². The summed E-state index contributed by atoms with van der Waals surface area (Å²) in [5.41, 5.74) is 7.92. The Morgan fingerprint density at radius 3 is 2.57 bits per heavy atom. The number of hydrogen-bond donors (Lipinski definition) is 5. The van der Waals surface area contributed by atoms with E-state index >= 15 is 0 Å². The summed E-state index contributed by atoms with van der Waals surface area (Å²) in [5.74, 6) is 1.60. The minimum atomic E-state index is -0.272. The molecule has 3 fully saturated rings. The number of aliphatic hydroxyl groups is 1. The van der Waals surface area contributed by atoms with Crippen molar-refractivity contribution in [1.82, 2.24) is 15.3 Å². The highest BCUT2D eigenvalue weighted by atomic mass is 35.5. The number of aromatic nitrogens is 2. The summed E-state index contributed by atoms with van der Waals surface area (Å²) in [6.45, 7) is 2.06. The van der Waals surface area contributed by atoms with Crippen molar-refractivity contribution >= 4 is 23.2 Å². The molecule has 3 aliphatic rings. The van der Waals surface area contributed by atoms with Crippen LogP contribution in [0.5, 0.6) is 0 Å². The van der Waals surface area contributed by atoms with Gasteiger partial charge in [-0.2, -0.15) is 0 Å². The molecule has 2 atom stereocenters. The molecule has 0 spiro atoms. The van der Waals surface area contributed by atoms with Crippen LogP contribution in [-0.2, 0) is 4.74 Å². The fraction of sp³-hybridized carbons (Fsp3) is 0.643. The van der Waals surface area contributed by atoms with E-state index in [0.29, 0.717) is 36.9 Å². The fourth-order valence-electron chi connectivity index (χ4n) is 5.84. The second-order valence-electron chi connectivity index (χ2n) is 11.1. The van der Waals surface area contributed by atoms with Crippen molar-refractivity contribution in [3.8, 4) is 11.3 Å². The number of nitrogens with two attached hydrogens (primary N) is 1. The van der Waals surface area contributed by atoms with E-state index < -0.39 is 0 Å². The minimum absolute atomic E-state index is 0.193. The number of aliphatic hydroxyl groups excluding tert-OH is 1. The number of ether oxygens (including phenoxy) is 1. The number of rotatable bonds is 8. The third-order valence-electron chi connectivity index (χ3n) is 8.25. The zero-order valence-electron chi connectivity index (χ0n) is 21.6. The average molecular weight is 529 g/mol. The molecule has 1 aliphatic heterocycles. The van der Waals surface area contributed by atoms with Crippen LogP contribution in [-0.4, -0.2) is 64.6 Å². The summed E-state index contributed by atoms with van der Waals surface area (Å²) >= 11 is 6.56. The van der Waals surface area contributed by atoms with Crippen LogP contribution in [0.25, 0.3) is 11.3 Å². The normalized spacial score (nSPS) is 28.0. The lowest BCUT2D eigenvalue weighted by Gasteiger charge is -2.36. The number of anilines is 2. The molecule has 0 amide bonds. The first kappa shape index (κ1) is 26.6. The molecule has 6 N–H and O–H groups in total. The Hall–Kier alpha value is -1.97. The summed E-state index contributed by atoms with van der Waals surface area (Å²) in [6, 6.07) is 9.03. The second kappa shape index (κ2) is 12.3. The Balaban J connectivity index is 1.17. The number of hydrogen-bond acceptors (Lipinski definition) is 8. The van der Waals surface area contributed by atoms with E-state index in [1.165, 1.54) is 6.42 Å². The zero-order valence-corrected chi connectivity index (χ0v) is 22.3. The van der Waals surface area contributed by atoms with Gasteiger partial charge in [0.15, 0.2) is 0 Å². The van der Waals surface area contributed by atoms with Crippen LogP contribution in [0.4, 0.5) is 11.6 Å². The molecule has 3 heterocycles. The molecule has 0 radical (unpaired) electrons. The van der Waals surface area contributed by atoms with Gasteiger partial charge < -0.3 is 31.5 Å². The summed E-state index contributed by atoms with van der Waals surface area (Å²) in [4.78, 5) is 9.36. The van der Waals surface area contributed by atoms with Crippen LogP contribution in [0.1, 0.15) is 64.2 Å². The third kappa shape index (κ3) is 7.12. The van der Waals surface area contributed by atoms with Gasteiger partial charge in [0.1, 0.15) is 11.6 Å². The first-order valence-electron chi connectivity index (χ1n) is 13.9. The number of nitrogens with zero attached hydrogens (tertiary/aromatic N) is 2. The van der Waals surface area contributed by atoms with Gasteiger partial charge in [-0.25, -0.2) is 9.97 Å². The van der Waals surface area contributed by atoms with Gasteiger partial charge in [0.2, 0.25) is 0 Å². The number of pyridine rings is 2. The van der Waals surface area contributed by atoms with Gasteiger partial charge in [-0.1, -0.05) is 30.5 Å². The lowest BCUT2D eigenvalue weighted by atomic mass is 9.87. The first-order chi connectivity index (χ1) is 18.0. The molecule has 2 aromatic rings. The molecule has 1 saturated heterocycles. The van der Waals surface area contributed by atoms with E-state index in [-0.39, 0.29) is 17.7 Å². The van der Waals surface area contributed by atoms with Crippen molar-refractivity contribution in [3.05, 3.63) is 35.5 Å². The molecule has 5 rings (SSSR count). The summed E-state index contributed by atoms with van der Waals surface area (Å²) in [6.07, 6.45) is 11.9. The van der Waals surface area contributed by atoms with Crippen molar-refractivity contribution in [1.29, 1.82) is 0 Å². The van der Waals surface area contributed by atoms with Crippen LogP contribution in [0, 0.1) is 0 Å². The smallest absolute Gasteiger partial charge is 0.126 e. The molecule has 2 saturated carbocycles. The van der Waals surface area contributed by atoms with Crippen molar-refractivity contribution in [3.63, 3.8) is 0 Å². The Bertz CT molecular complexity index is 1030. The van der Waals surface area contributed by atoms with E-state index in [9.17, 15) is 5.11 Å². The summed E-state index contributed by atoms with van der Waals surface area (Å²) in [7, 11) is 0. The van der Waals surface area contributed by atoms with Crippen LogP contribution >= 0.6 is 11.6 Å². The molecule has 2 aliphatic carbocycles. The molecule has 8 nitrogen and oxygen atoms in total. The first-order valence-corrected chi connectivity index (χ1v) is 14.3. The minimum Gasteiger partial charge on any atom is -0.392 e. The maximum atomic E-state index is 10.3. The topological polar surface area (TPSA) is 117 Å². The van der Waals surface area contributed by atoms with Crippen LogP contribution in [0.3, 0.4) is 0 Å². The van der Waals surface area contributed by atoms with Crippen molar-refractivity contribution in [2.24, 2.45) is 5.73 Å². The van der Waals surface area contributed by atoms with Gasteiger partial charge in [-0.05, 0) is 69.6 Å². The van der Waals surface area contributed by atoms with Gasteiger partial charge in [0, 0.05) is 55.2 Å². The number of halogens is 1. The summed E-state index contributed by atoms with van der Waals surface area (Å²) in [5, 5.41) is 21.6. The third-order valence-corrected chi connectivity index (χ3v) is 8.55. The van der Waals surface area contributed by atoms with E-state index in [2.05, 4.69) is 20.9 Å². The molecule has 0 aromatic carbocycles. The highest BCUT2D eigenvalue weighted by molar-refractivity contribution is 6.33. The van der Waals surface area contributed by atoms with E-state index in [0.717, 1.165) is 80.7 Å². The maximum absolute atomic E-state index is 10.3. The van der Waals surface area contributed by atoms with Gasteiger partial charge in [0.05, 0.1) is 16.8 Å². The molecule has 0 bridgehead atoms. The molecular formula is C28H41ClN6O2. The predicted octanol–water partition coefficient (Wildman–Crippen LogP) is 4.33. The number of nitrogens with one attached hydrogen (secondary N) is 3. The lowest BCUT2D eigenvalue weighted by Crippen LogP contribution is -2.50. The van der Waals surface area contributed by atoms with Crippen LogP contribution < -0.4 is 21.7 Å². The second-order valence-corrected chi connectivity index (χ2v) is 11.5. The molecular weight excluding hydrogens is 488 g/mol. The highest BCUT2D eigenvalue weighted by Crippen LogP contribution is 2.31. The van der Waals surface area contributed by atoms with E-state index in [1.807, 2.05) is 24.3 Å². The van der Waals surface area contributed by atoms with Gasteiger partial charge in [0.25, 0.3) is 0 Å². The van der Waals surface area contributed by atoms with Crippen molar-refractivity contribution in [2.45, 2.75) is 94.0 Å². The van der Waals surface area contributed by atoms with Crippen LogP contribution in [0.2, 0.25) is 5.02 Å². The predicted molar refractivity (Wildman–Crippen MR) is 149 cm³/mol. The van der Waals surface area contributed by atoms with E-state index in [1.54, 1.807) is 6.20 Å². The van der Waals surface area contributed by atoms with Crippen molar-refractivity contribution in [2.75, 3.05) is 30.4 Å². The fourth-order valence-corrected chi connectivity index (χ4v) is 6.04. The molecule has 0 unspecified atom stereocenters. The highest BCUT2D eigenvalue weighted by Gasteiger charge is 2.29. The maximum Gasteiger partial charge on any atom is 0.126 e. The molecule has 202 valence electrons. The van der Waals surface area contributed by atoms with Gasteiger partial charge in [-0.15, -0.1) is 0 Å². The lowest BCUT2D eigenvalue weighted by molar-refractivity contribution is 0.0574. The van der Waals surface area contributed by atoms with Crippen LogP contribution in [0.15, 0.2) is 30.5 Å². The SMILES string of the molecule is NC1(CNc2cccc(-c3cc(N[C@H]4CC[C@H](N[C@@H]5CCCC[C@H]5O)CC4)ncc3Cl)n2)CCOCC1. The van der Waals surface area contributed by atoms with Gasteiger partial charge >= 0.3 is 0 Å². The van der Waals surface area contributed by atoms with E-state index in [4.69, 9.17) is 27.1 Å². The van der Waals surface area contributed by atoms with Crippen molar-refractivity contribution < 1.29 is 9.84 Å². The van der Waals surface area contributed by atoms with Gasteiger partial charge in [-0.3, -0.25) is 0 Å². The molecule has 9 heteroatoms. The Kier molecular flexibility index (Phi) is 8.82. The summed E-state index contributed by atoms with van der Waals surface area (Å²) < 4.78 is 5.45. The largest absolute Gasteiger partial charge is 0.392 e. The average Bonchev–Trinajstić information content (AvgIpc) is 2.92. The Morgan fingerprint density at radius 2 is 1.78 bits per heavy atom. The zero-order chi connectivity index (χ0) is 25.7. The Morgan fingerprint density at radius 1 is 1.03 bits per heavy atom. The monoisotopic (exact) mass is 528 g/mol.